The fourth-order valence-corrected chi connectivity index (χ4v) is 3.05. The Labute approximate surface area is 125 Å². The number of likely N-dealkylation sites (tertiary alicyclic amines) is 1. The predicted octanol–water partition coefficient (Wildman–Crippen LogP) is 0.653. The molecule has 1 saturated heterocycles. The molecule has 1 rings (SSSR count). The standard InChI is InChI=1S/C14H26N4O3/c1-3-14(4-2,12(16)17-21)13(20)18-7-5-10(6-8-18)9-11(15)19/h10,21H,3-9H2,1-2H3,(H2,15,19)(H2,16,17). The van der Waals surface area contributed by atoms with E-state index >= 15 is 0 Å². The molecule has 2 amide bonds. The normalized spacial score (nSPS) is 17.8. The molecule has 120 valence electrons. The van der Waals surface area contributed by atoms with Crippen molar-refractivity contribution in [2.75, 3.05) is 13.1 Å². The molecule has 0 bridgehead atoms. The molecule has 7 heteroatoms. The van der Waals surface area contributed by atoms with Gasteiger partial charge < -0.3 is 21.6 Å². The number of piperidine rings is 1. The summed E-state index contributed by atoms with van der Waals surface area (Å²) in [6, 6.07) is 0. The van der Waals surface area contributed by atoms with Gasteiger partial charge in [0.2, 0.25) is 11.8 Å². The number of oxime groups is 1. The van der Waals surface area contributed by atoms with Gasteiger partial charge >= 0.3 is 0 Å². The van der Waals surface area contributed by atoms with Crippen LogP contribution in [0.3, 0.4) is 0 Å². The number of carbonyl (C=O) groups excluding carboxylic acids is 2. The lowest BCUT2D eigenvalue weighted by Crippen LogP contribution is -2.53. The summed E-state index contributed by atoms with van der Waals surface area (Å²) in [7, 11) is 0. The summed E-state index contributed by atoms with van der Waals surface area (Å²) in [6.07, 6.45) is 2.86. The second kappa shape index (κ2) is 7.28. The van der Waals surface area contributed by atoms with Gasteiger partial charge in [-0.2, -0.15) is 0 Å². The van der Waals surface area contributed by atoms with Crippen LogP contribution in [0.2, 0.25) is 0 Å². The summed E-state index contributed by atoms with van der Waals surface area (Å²) in [5, 5.41) is 12.0. The van der Waals surface area contributed by atoms with Gasteiger partial charge in [-0.1, -0.05) is 19.0 Å². The third-order valence-corrected chi connectivity index (χ3v) is 4.61. The predicted molar refractivity (Wildman–Crippen MR) is 79.5 cm³/mol. The summed E-state index contributed by atoms with van der Waals surface area (Å²) >= 11 is 0. The maximum atomic E-state index is 12.8. The van der Waals surface area contributed by atoms with E-state index in [0.717, 1.165) is 12.8 Å². The summed E-state index contributed by atoms with van der Waals surface area (Å²) in [5.74, 6) is -0.182. The minimum atomic E-state index is -0.939. The van der Waals surface area contributed by atoms with Crippen molar-refractivity contribution in [1.29, 1.82) is 0 Å². The Kier molecular flexibility index (Phi) is 5.99. The fourth-order valence-electron chi connectivity index (χ4n) is 3.05. The first-order valence-corrected chi connectivity index (χ1v) is 7.46. The average Bonchev–Trinajstić information content (AvgIpc) is 2.48. The lowest BCUT2D eigenvalue weighted by atomic mass is 9.79. The molecule has 0 radical (unpaired) electrons. The number of primary amides is 1. The Morgan fingerprint density at radius 3 is 2.14 bits per heavy atom. The Hall–Kier alpha value is -1.79. The summed E-state index contributed by atoms with van der Waals surface area (Å²) in [6.45, 7) is 4.88. The van der Waals surface area contributed by atoms with E-state index < -0.39 is 5.41 Å². The molecule has 5 N–H and O–H groups in total. The molecule has 21 heavy (non-hydrogen) atoms. The van der Waals surface area contributed by atoms with Gasteiger partial charge in [0.15, 0.2) is 5.84 Å². The molecule has 1 heterocycles. The van der Waals surface area contributed by atoms with E-state index in [1.54, 1.807) is 4.90 Å². The quantitative estimate of drug-likeness (QED) is 0.288. The van der Waals surface area contributed by atoms with Crippen LogP contribution in [0.4, 0.5) is 0 Å². The molecule has 0 aromatic carbocycles. The molecule has 0 aliphatic carbocycles. The van der Waals surface area contributed by atoms with Crippen LogP contribution in [0, 0.1) is 11.3 Å². The minimum absolute atomic E-state index is 0.0308. The third kappa shape index (κ3) is 3.65. The number of hydrogen-bond acceptors (Lipinski definition) is 4. The molecule has 0 aromatic rings. The van der Waals surface area contributed by atoms with Crippen LogP contribution in [0.25, 0.3) is 0 Å². The number of nitrogens with zero attached hydrogens (tertiary/aromatic N) is 2. The second-order valence-corrected chi connectivity index (χ2v) is 5.68. The molecule has 7 nitrogen and oxygen atoms in total. The van der Waals surface area contributed by atoms with E-state index in [-0.39, 0.29) is 23.6 Å². The lowest BCUT2D eigenvalue weighted by molar-refractivity contribution is -0.140. The lowest BCUT2D eigenvalue weighted by Gasteiger charge is -2.38. The van der Waals surface area contributed by atoms with E-state index in [2.05, 4.69) is 5.16 Å². The monoisotopic (exact) mass is 298 g/mol. The van der Waals surface area contributed by atoms with Crippen molar-refractivity contribution in [3.05, 3.63) is 0 Å². The van der Waals surface area contributed by atoms with Crippen LogP contribution in [-0.2, 0) is 9.59 Å². The number of hydrogen-bond donors (Lipinski definition) is 3. The zero-order chi connectivity index (χ0) is 16.0. The highest BCUT2D eigenvalue weighted by Gasteiger charge is 2.43. The Balaban J connectivity index is 2.77. The number of rotatable bonds is 6. The van der Waals surface area contributed by atoms with E-state index in [9.17, 15) is 9.59 Å². The first-order valence-electron chi connectivity index (χ1n) is 7.46. The number of amides is 2. The third-order valence-electron chi connectivity index (χ3n) is 4.61. The van der Waals surface area contributed by atoms with Gasteiger partial charge in [-0.05, 0) is 31.6 Å². The molecule has 0 spiro atoms. The smallest absolute Gasteiger partial charge is 0.236 e. The number of amidine groups is 1. The summed E-state index contributed by atoms with van der Waals surface area (Å²) in [5.41, 5.74) is 10.0. The van der Waals surface area contributed by atoms with E-state index in [0.29, 0.717) is 32.4 Å². The summed E-state index contributed by atoms with van der Waals surface area (Å²) in [4.78, 5) is 25.5. The average molecular weight is 298 g/mol. The van der Waals surface area contributed by atoms with Gasteiger partial charge in [0.1, 0.15) is 5.41 Å². The van der Waals surface area contributed by atoms with Gasteiger partial charge in [0, 0.05) is 19.5 Å². The molecule has 1 aliphatic heterocycles. The molecular weight excluding hydrogens is 272 g/mol. The molecule has 0 aromatic heterocycles. The van der Waals surface area contributed by atoms with Gasteiger partial charge in [-0.3, -0.25) is 9.59 Å². The highest BCUT2D eigenvalue weighted by Crippen LogP contribution is 2.32. The summed E-state index contributed by atoms with van der Waals surface area (Å²) < 4.78 is 0. The van der Waals surface area contributed by atoms with Crippen molar-refractivity contribution in [2.24, 2.45) is 28.0 Å². The molecular formula is C14H26N4O3. The molecule has 0 unspecified atom stereocenters. The highest BCUT2D eigenvalue weighted by molar-refractivity contribution is 6.06. The number of nitrogens with two attached hydrogens (primary N) is 2. The van der Waals surface area contributed by atoms with Gasteiger partial charge in [-0.15, -0.1) is 0 Å². The first-order chi connectivity index (χ1) is 9.91. The van der Waals surface area contributed by atoms with Crippen molar-refractivity contribution >= 4 is 17.6 Å². The first kappa shape index (κ1) is 17.3. The van der Waals surface area contributed by atoms with Gasteiger partial charge in [0.05, 0.1) is 0 Å². The highest BCUT2D eigenvalue weighted by atomic mass is 16.4. The maximum Gasteiger partial charge on any atom is 0.236 e. The van der Waals surface area contributed by atoms with Crippen molar-refractivity contribution in [3.63, 3.8) is 0 Å². The number of carbonyl (C=O) groups is 2. The van der Waals surface area contributed by atoms with E-state index in [1.807, 2.05) is 13.8 Å². The SMILES string of the molecule is CCC(CC)(C(=O)N1CCC(CC(N)=O)CC1)C(N)=NO. The van der Waals surface area contributed by atoms with Crippen LogP contribution in [0.5, 0.6) is 0 Å². The molecule has 1 fully saturated rings. The van der Waals surface area contributed by atoms with Crippen LogP contribution in [0.15, 0.2) is 5.16 Å². The van der Waals surface area contributed by atoms with Crippen LogP contribution in [-0.4, -0.2) is 40.8 Å². The van der Waals surface area contributed by atoms with Crippen molar-refractivity contribution in [3.8, 4) is 0 Å². The van der Waals surface area contributed by atoms with E-state index in [1.165, 1.54) is 0 Å². The van der Waals surface area contributed by atoms with Crippen LogP contribution >= 0.6 is 0 Å². The van der Waals surface area contributed by atoms with Crippen LogP contribution in [0.1, 0.15) is 46.0 Å². The van der Waals surface area contributed by atoms with Gasteiger partial charge in [-0.25, -0.2) is 0 Å². The molecule has 0 saturated carbocycles. The van der Waals surface area contributed by atoms with Crippen LogP contribution < -0.4 is 11.5 Å². The molecule has 0 atom stereocenters. The maximum absolute atomic E-state index is 12.8. The zero-order valence-corrected chi connectivity index (χ0v) is 12.8. The largest absolute Gasteiger partial charge is 0.409 e. The molecule has 1 aliphatic rings. The van der Waals surface area contributed by atoms with Crippen molar-refractivity contribution < 1.29 is 14.8 Å². The topological polar surface area (TPSA) is 122 Å². The van der Waals surface area contributed by atoms with E-state index in [4.69, 9.17) is 16.7 Å². The second-order valence-electron chi connectivity index (χ2n) is 5.68. The van der Waals surface area contributed by atoms with Crippen molar-refractivity contribution in [2.45, 2.75) is 46.0 Å². The Bertz CT molecular complexity index is 410. The van der Waals surface area contributed by atoms with Gasteiger partial charge in [0.25, 0.3) is 0 Å². The van der Waals surface area contributed by atoms with Crippen molar-refractivity contribution in [1.82, 2.24) is 4.90 Å². The zero-order valence-electron chi connectivity index (χ0n) is 12.8. The fraction of sp³-hybridized carbons (Fsp3) is 0.786. The Morgan fingerprint density at radius 2 is 1.76 bits per heavy atom. The minimum Gasteiger partial charge on any atom is -0.409 e. The Morgan fingerprint density at radius 1 is 1.24 bits per heavy atom.